The van der Waals surface area contributed by atoms with Gasteiger partial charge in [0.1, 0.15) is 17.4 Å². The van der Waals surface area contributed by atoms with Crippen LogP contribution in [0.2, 0.25) is 0 Å². The molecular formula is C12H12N4O3. The van der Waals surface area contributed by atoms with Crippen LogP contribution < -0.4 is 10.1 Å². The van der Waals surface area contributed by atoms with Gasteiger partial charge in [0.15, 0.2) is 0 Å². The van der Waals surface area contributed by atoms with E-state index in [0.717, 1.165) is 0 Å². The first-order chi connectivity index (χ1) is 9.08. The molecule has 2 aromatic rings. The first kappa shape index (κ1) is 12.7. The van der Waals surface area contributed by atoms with Gasteiger partial charge < -0.3 is 10.1 Å². The van der Waals surface area contributed by atoms with E-state index in [-0.39, 0.29) is 5.69 Å². The minimum atomic E-state index is -0.475. The third-order valence-corrected chi connectivity index (χ3v) is 2.32. The molecule has 98 valence electrons. The Bertz CT molecular complexity index is 616. The number of benzene rings is 1. The number of nitrogens with one attached hydrogen (secondary N) is 1. The zero-order valence-electron chi connectivity index (χ0n) is 10.5. The van der Waals surface area contributed by atoms with E-state index >= 15 is 0 Å². The average Bonchev–Trinajstić information content (AvgIpc) is 2.38. The Labute approximate surface area is 109 Å². The molecule has 1 aromatic carbocycles. The van der Waals surface area contributed by atoms with E-state index in [9.17, 15) is 10.1 Å². The summed E-state index contributed by atoms with van der Waals surface area (Å²) in [5.41, 5.74) is -0.0304. The minimum Gasteiger partial charge on any atom is -0.439 e. The highest BCUT2D eigenvalue weighted by atomic mass is 16.6. The highest BCUT2D eigenvalue weighted by molar-refractivity contribution is 5.42. The summed E-state index contributed by atoms with van der Waals surface area (Å²) in [5, 5.41) is 13.6. The SMILES string of the molecule is CNc1cc(Oc2cccc([N+](=O)[O-])c2)nc(C)n1. The number of nitro benzene ring substituents is 1. The summed E-state index contributed by atoms with van der Waals surface area (Å²) in [6, 6.07) is 7.55. The number of nitro groups is 1. The van der Waals surface area contributed by atoms with Crippen molar-refractivity contribution in [2.45, 2.75) is 6.92 Å². The molecule has 1 aromatic heterocycles. The maximum absolute atomic E-state index is 10.7. The Kier molecular flexibility index (Phi) is 3.56. The summed E-state index contributed by atoms with van der Waals surface area (Å²) in [7, 11) is 1.74. The summed E-state index contributed by atoms with van der Waals surface area (Å²) in [5.74, 6) is 1.85. The normalized spacial score (nSPS) is 10.0. The molecule has 0 aliphatic rings. The predicted octanol–water partition coefficient (Wildman–Crippen LogP) is 2.53. The number of anilines is 1. The first-order valence-electron chi connectivity index (χ1n) is 5.54. The quantitative estimate of drug-likeness (QED) is 0.671. The Morgan fingerprint density at radius 1 is 1.32 bits per heavy atom. The number of ether oxygens (including phenoxy) is 1. The maximum Gasteiger partial charge on any atom is 0.273 e. The third-order valence-electron chi connectivity index (χ3n) is 2.32. The summed E-state index contributed by atoms with van der Waals surface area (Å²) < 4.78 is 5.50. The maximum atomic E-state index is 10.7. The molecule has 0 aliphatic carbocycles. The van der Waals surface area contributed by atoms with Gasteiger partial charge in [-0.25, -0.2) is 4.98 Å². The van der Waals surface area contributed by atoms with Crippen LogP contribution in [0.5, 0.6) is 11.6 Å². The van der Waals surface area contributed by atoms with E-state index in [2.05, 4.69) is 15.3 Å². The molecule has 0 bridgehead atoms. The van der Waals surface area contributed by atoms with Gasteiger partial charge in [0.2, 0.25) is 5.88 Å². The van der Waals surface area contributed by atoms with Crippen molar-refractivity contribution in [1.82, 2.24) is 9.97 Å². The molecule has 0 saturated carbocycles. The van der Waals surface area contributed by atoms with E-state index in [1.165, 1.54) is 12.1 Å². The van der Waals surface area contributed by atoms with E-state index in [4.69, 9.17) is 4.74 Å². The molecule has 0 fully saturated rings. The van der Waals surface area contributed by atoms with Crippen molar-refractivity contribution in [3.8, 4) is 11.6 Å². The van der Waals surface area contributed by atoms with Gasteiger partial charge in [-0.05, 0) is 13.0 Å². The second-order valence-electron chi connectivity index (χ2n) is 3.75. The molecule has 0 aliphatic heterocycles. The van der Waals surface area contributed by atoms with Crippen LogP contribution in [-0.2, 0) is 0 Å². The summed E-state index contributed by atoms with van der Waals surface area (Å²) in [6.07, 6.45) is 0. The van der Waals surface area contributed by atoms with E-state index < -0.39 is 4.92 Å². The van der Waals surface area contributed by atoms with Crippen molar-refractivity contribution < 1.29 is 9.66 Å². The molecule has 1 N–H and O–H groups in total. The van der Waals surface area contributed by atoms with Gasteiger partial charge in [0.05, 0.1) is 11.0 Å². The van der Waals surface area contributed by atoms with Crippen LogP contribution >= 0.6 is 0 Å². The van der Waals surface area contributed by atoms with Crippen LogP contribution in [0.1, 0.15) is 5.82 Å². The van der Waals surface area contributed by atoms with Crippen molar-refractivity contribution in [3.63, 3.8) is 0 Å². The van der Waals surface area contributed by atoms with E-state index in [1.807, 2.05) is 0 Å². The van der Waals surface area contributed by atoms with E-state index in [1.54, 1.807) is 32.2 Å². The Hall–Kier alpha value is -2.70. The number of rotatable bonds is 4. The lowest BCUT2D eigenvalue weighted by atomic mass is 10.3. The van der Waals surface area contributed by atoms with Gasteiger partial charge in [-0.3, -0.25) is 10.1 Å². The van der Waals surface area contributed by atoms with Crippen molar-refractivity contribution in [3.05, 3.63) is 46.3 Å². The van der Waals surface area contributed by atoms with Crippen LogP contribution in [0.4, 0.5) is 11.5 Å². The lowest BCUT2D eigenvalue weighted by molar-refractivity contribution is -0.384. The molecule has 0 unspecified atom stereocenters. The molecule has 0 atom stereocenters. The van der Waals surface area contributed by atoms with Gasteiger partial charge in [-0.1, -0.05) is 6.07 Å². The third kappa shape index (κ3) is 3.15. The molecule has 0 saturated heterocycles. The van der Waals surface area contributed by atoms with E-state index in [0.29, 0.717) is 23.3 Å². The molecule has 1 heterocycles. The zero-order valence-corrected chi connectivity index (χ0v) is 10.5. The molecule has 7 nitrogen and oxygen atoms in total. The number of aryl methyl sites for hydroxylation is 1. The fourth-order valence-electron chi connectivity index (χ4n) is 1.50. The minimum absolute atomic E-state index is 0.0304. The largest absolute Gasteiger partial charge is 0.439 e. The van der Waals surface area contributed by atoms with Crippen molar-refractivity contribution >= 4 is 11.5 Å². The number of hydrogen-bond acceptors (Lipinski definition) is 6. The molecule has 19 heavy (non-hydrogen) atoms. The lowest BCUT2D eigenvalue weighted by Gasteiger charge is -2.07. The Morgan fingerprint density at radius 2 is 2.11 bits per heavy atom. The molecule has 0 radical (unpaired) electrons. The molecule has 0 amide bonds. The topological polar surface area (TPSA) is 90.2 Å². The molecular weight excluding hydrogens is 248 g/mol. The zero-order chi connectivity index (χ0) is 13.8. The lowest BCUT2D eigenvalue weighted by Crippen LogP contribution is -1.98. The van der Waals surface area contributed by atoms with Crippen LogP contribution in [0.25, 0.3) is 0 Å². The average molecular weight is 260 g/mol. The van der Waals surface area contributed by atoms with Gasteiger partial charge in [0, 0.05) is 19.2 Å². The molecule has 7 heteroatoms. The van der Waals surface area contributed by atoms with Gasteiger partial charge in [-0.2, -0.15) is 4.98 Å². The monoisotopic (exact) mass is 260 g/mol. The highest BCUT2D eigenvalue weighted by Crippen LogP contribution is 2.24. The van der Waals surface area contributed by atoms with Crippen LogP contribution in [0, 0.1) is 17.0 Å². The molecule has 2 rings (SSSR count). The highest BCUT2D eigenvalue weighted by Gasteiger charge is 2.08. The van der Waals surface area contributed by atoms with Gasteiger partial charge in [-0.15, -0.1) is 0 Å². The Morgan fingerprint density at radius 3 is 2.79 bits per heavy atom. The second kappa shape index (κ2) is 5.30. The predicted molar refractivity (Wildman–Crippen MR) is 69.5 cm³/mol. The smallest absolute Gasteiger partial charge is 0.273 e. The summed E-state index contributed by atoms with van der Waals surface area (Å²) in [4.78, 5) is 18.4. The molecule has 0 spiro atoms. The fraction of sp³-hybridized carbons (Fsp3) is 0.167. The Balaban J connectivity index is 2.28. The number of aromatic nitrogens is 2. The van der Waals surface area contributed by atoms with Gasteiger partial charge >= 0.3 is 0 Å². The number of hydrogen-bond donors (Lipinski definition) is 1. The van der Waals surface area contributed by atoms with Crippen LogP contribution in [0.15, 0.2) is 30.3 Å². The van der Waals surface area contributed by atoms with Crippen molar-refractivity contribution in [2.75, 3.05) is 12.4 Å². The van der Waals surface area contributed by atoms with Crippen molar-refractivity contribution in [2.24, 2.45) is 0 Å². The van der Waals surface area contributed by atoms with Crippen molar-refractivity contribution in [1.29, 1.82) is 0 Å². The summed E-state index contributed by atoms with van der Waals surface area (Å²) >= 11 is 0. The number of nitrogens with zero attached hydrogens (tertiary/aromatic N) is 3. The standard InChI is InChI=1S/C12H12N4O3/c1-8-14-11(13-2)7-12(15-8)19-10-5-3-4-9(6-10)16(17)18/h3-7H,1-2H3,(H,13,14,15). The van der Waals surface area contributed by atoms with Gasteiger partial charge in [0.25, 0.3) is 5.69 Å². The first-order valence-corrected chi connectivity index (χ1v) is 5.54. The number of non-ortho nitro benzene ring substituents is 1. The van der Waals surface area contributed by atoms with Crippen LogP contribution in [-0.4, -0.2) is 21.9 Å². The second-order valence-corrected chi connectivity index (χ2v) is 3.75. The van der Waals surface area contributed by atoms with Crippen LogP contribution in [0.3, 0.4) is 0 Å². The fourth-order valence-corrected chi connectivity index (χ4v) is 1.50. The summed E-state index contributed by atoms with van der Waals surface area (Å²) in [6.45, 7) is 1.74.